The number of carbonyl (C=O) groups is 2. The normalized spacial score (nSPS) is 14.3. The van der Waals surface area contributed by atoms with Gasteiger partial charge in [-0.15, -0.1) is 0 Å². The Kier molecular flexibility index (Phi) is 7.26. The molecule has 3 aromatic carbocycles. The third-order valence-corrected chi connectivity index (χ3v) is 6.32. The highest BCUT2D eigenvalue weighted by atomic mass is 79.9. The summed E-state index contributed by atoms with van der Waals surface area (Å²) in [5, 5.41) is 0.928. The van der Waals surface area contributed by atoms with E-state index in [0.29, 0.717) is 30.1 Å². The van der Waals surface area contributed by atoms with Gasteiger partial charge in [-0.1, -0.05) is 62.9 Å². The van der Waals surface area contributed by atoms with Crippen molar-refractivity contribution in [2.75, 3.05) is 0 Å². The van der Waals surface area contributed by atoms with E-state index in [4.69, 9.17) is 44.3 Å². The van der Waals surface area contributed by atoms with Crippen molar-refractivity contribution >= 4 is 90.6 Å². The van der Waals surface area contributed by atoms with Gasteiger partial charge in [-0.25, -0.2) is 14.6 Å². The first-order valence-corrected chi connectivity index (χ1v) is 11.9. The highest BCUT2D eigenvalue weighted by Gasteiger charge is 2.26. The molecular weight excluding hydrogens is 620 g/mol. The zero-order valence-corrected chi connectivity index (χ0v) is 21.7. The fourth-order valence-electron chi connectivity index (χ4n) is 2.90. The van der Waals surface area contributed by atoms with E-state index >= 15 is 0 Å². The molecule has 0 bridgehead atoms. The Morgan fingerprint density at radius 1 is 1.00 bits per heavy atom. The van der Waals surface area contributed by atoms with Crippen molar-refractivity contribution in [2.24, 2.45) is 4.99 Å². The molecule has 0 aromatic heterocycles. The van der Waals surface area contributed by atoms with Crippen LogP contribution < -0.4 is 4.74 Å². The Balaban J connectivity index is 1.73. The highest BCUT2D eigenvalue weighted by molar-refractivity contribution is 9.11. The molecule has 166 valence electrons. The lowest BCUT2D eigenvalue weighted by Crippen LogP contribution is -2.10. The van der Waals surface area contributed by atoms with Crippen molar-refractivity contribution in [3.63, 3.8) is 0 Å². The minimum absolute atomic E-state index is 0.0109. The Hall–Kier alpha value is -2.16. The van der Waals surface area contributed by atoms with E-state index in [9.17, 15) is 9.59 Å². The number of hydrogen-bond acceptors (Lipinski definition) is 5. The van der Waals surface area contributed by atoms with Crippen LogP contribution in [-0.4, -0.2) is 17.8 Å². The molecule has 10 heteroatoms. The first-order valence-electron chi connectivity index (χ1n) is 9.16. The number of rotatable bonds is 4. The summed E-state index contributed by atoms with van der Waals surface area (Å²) in [5.41, 5.74) is 1.02. The molecule has 0 saturated carbocycles. The van der Waals surface area contributed by atoms with Gasteiger partial charge >= 0.3 is 11.9 Å². The van der Waals surface area contributed by atoms with E-state index in [1.54, 1.807) is 36.4 Å². The first kappa shape index (κ1) is 24.0. The molecule has 0 spiro atoms. The van der Waals surface area contributed by atoms with Crippen LogP contribution in [0.3, 0.4) is 0 Å². The summed E-state index contributed by atoms with van der Waals surface area (Å²) in [4.78, 5) is 29.5. The Morgan fingerprint density at radius 2 is 1.76 bits per heavy atom. The molecule has 0 aliphatic carbocycles. The quantitative estimate of drug-likeness (QED) is 0.168. The van der Waals surface area contributed by atoms with Crippen LogP contribution in [-0.2, 0) is 9.53 Å². The van der Waals surface area contributed by atoms with Gasteiger partial charge in [0.1, 0.15) is 0 Å². The maximum Gasteiger partial charge on any atom is 0.363 e. The van der Waals surface area contributed by atoms with Gasteiger partial charge in [0, 0.05) is 15.1 Å². The number of ether oxygens (including phenoxy) is 2. The largest absolute Gasteiger partial charge is 0.421 e. The predicted molar refractivity (Wildman–Crippen MR) is 135 cm³/mol. The number of benzene rings is 3. The number of hydrogen-bond donors (Lipinski definition) is 0. The number of esters is 2. The van der Waals surface area contributed by atoms with Crippen LogP contribution in [0.15, 0.2) is 74.2 Å². The molecule has 0 N–H and O–H groups in total. The molecule has 0 saturated heterocycles. The van der Waals surface area contributed by atoms with Gasteiger partial charge in [-0.2, -0.15) is 0 Å². The van der Waals surface area contributed by atoms with Crippen LogP contribution in [0.2, 0.25) is 15.1 Å². The second-order valence-electron chi connectivity index (χ2n) is 6.64. The van der Waals surface area contributed by atoms with Gasteiger partial charge in [0.05, 0.1) is 25.6 Å². The summed E-state index contributed by atoms with van der Waals surface area (Å²) in [6.07, 6.45) is 1.45. The maximum atomic E-state index is 12.8. The molecule has 1 aliphatic heterocycles. The van der Waals surface area contributed by atoms with Crippen molar-refractivity contribution in [3.8, 4) is 5.75 Å². The van der Waals surface area contributed by atoms with E-state index < -0.39 is 11.9 Å². The number of nitrogens with zero attached hydrogens (tertiary/aromatic N) is 1. The topological polar surface area (TPSA) is 65.0 Å². The van der Waals surface area contributed by atoms with Crippen molar-refractivity contribution in [3.05, 3.63) is 101 Å². The van der Waals surface area contributed by atoms with E-state index in [1.165, 1.54) is 24.3 Å². The smallest absolute Gasteiger partial charge is 0.363 e. The van der Waals surface area contributed by atoms with Crippen molar-refractivity contribution in [1.82, 2.24) is 0 Å². The summed E-state index contributed by atoms with van der Waals surface area (Å²) in [7, 11) is 0. The molecule has 1 aliphatic rings. The number of carbonyl (C=O) groups excluding carboxylic acids is 2. The molecule has 1 heterocycles. The van der Waals surface area contributed by atoms with Crippen molar-refractivity contribution in [2.45, 2.75) is 0 Å². The molecule has 0 atom stereocenters. The van der Waals surface area contributed by atoms with E-state index in [2.05, 4.69) is 36.9 Å². The SMILES string of the molecule is O=C1OC(c2ccccc2Cl)=N/C1=C\c1cc(Br)cc(Br)c1OC(=O)c1ccc(Cl)cc1Cl. The zero-order valence-electron chi connectivity index (χ0n) is 16.2. The monoisotopic (exact) mass is 627 g/mol. The molecule has 5 nitrogen and oxygen atoms in total. The Labute approximate surface area is 220 Å². The summed E-state index contributed by atoms with van der Waals surface area (Å²) in [5.74, 6) is -1.12. The molecular formula is C23H10Br2Cl3NO4. The Morgan fingerprint density at radius 3 is 2.48 bits per heavy atom. The van der Waals surface area contributed by atoms with Gasteiger partial charge in [0.15, 0.2) is 11.4 Å². The summed E-state index contributed by atoms with van der Waals surface area (Å²) >= 11 is 25.0. The number of halogens is 5. The summed E-state index contributed by atoms with van der Waals surface area (Å²) in [6.45, 7) is 0. The number of aliphatic imine (C=N–C) groups is 1. The van der Waals surface area contributed by atoms with Gasteiger partial charge in [-0.05, 0) is 64.5 Å². The molecule has 4 rings (SSSR count). The molecule has 3 aromatic rings. The van der Waals surface area contributed by atoms with Crippen LogP contribution in [0.4, 0.5) is 0 Å². The minimum atomic E-state index is -0.700. The van der Waals surface area contributed by atoms with Gasteiger partial charge in [0.2, 0.25) is 5.90 Å². The molecule has 33 heavy (non-hydrogen) atoms. The molecule has 0 fully saturated rings. The highest BCUT2D eigenvalue weighted by Crippen LogP contribution is 2.36. The zero-order chi connectivity index (χ0) is 23.7. The third kappa shape index (κ3) is 5.34. The van der Waals surface area contributed by atoms with Crippen LogP contribution in [0.1, 0.15) is 21.5 Å². The lowest BCUT2D eigenvalue weighted by molar-refractivity contribution is -0.129. The molecule has 0 radical (unpaired) electrons. The lowest BCUT2D eigenvalue weighted by atomic mass is 10.1. The lowest BCUT2D eigenvalue weighted by Gasteiger charge is -2.12. The van der Waals surface area contributed by atoms with Crippen LogP contribution in [0, 0.1) is 0 Å². The Bertz CT molecular complexity index is 1370. The van der Waals surface area contributed by atoms with Gasteiger partial charge in [-0.3, -0.25) is 0 Å². The maximum absolute atomic E-state index is 12.8. The predicted octanol–water partition coefficient (Wildman–Crippen LogP) is 7.74. The van der Waals surface area contributed by atoms with Crippen LogP contribution in [0.5, 0.6) is 5.75 Å². The summed E-state index contributed by atoms with van der Waals surface area (Å²) in [6, 6.07) is 14.7. The summed E-state index contributed by atoms with van der Waals surface area (Å²) < 4.78 is 12.0. The minimum Gasteiger partial charge on any atom is -0.421 e. The van der Waals surface area contributed by atoms with Crippen LogP contribution >= 0.6 is 66.7 Å². The van der Waals surface area contributed by atoms with Crippen molar-refractivity contribution < 1.29 is 19.1 Å². The van der Waals surface area contributed by atoms with E-state index in [1.807, 2.05) is 0 Å². The van der Waals surface area contributed by atoms with Crippen LogP contribution in [0.25, 0.3) is 6.08 Å². The first-order chi connectivity index (χ1) is 15.7. The van der Waals surface area contributed by atoms with Gasteiger partial charge < -0.3 is 9.47 Å². The number of cyclic esters (lactones) is 1. The average molecular weight is 631 g/mol. The van der Waals surface area contributed by atoms with Crippen molar-refractivity contribution in [1.29, 1.82) is 0 Å². The molecule has 0 unspecified atom stereocenters. The standard InChI is InChI=1S/C23H10Br2Cl3NO4/c24-12-7-11(8-19-23(31)33-21(29-19)14-3-1-2-4-17(14)27)20(16(25)9-12)32-22(30)15-6-5-13(26)10-18(15)28/h1-10H/b19-8-. The second kappa shape index (κ2) is 9.99. The fourth-order valence-corrected chi connectivity index (χ4v) is 4.95. The fraction of sp³-hybridized carbons (Fsp3) is 0. The second-order valence-corrected chi connectivity index (χ2v) is 9.66. The van der Waals surface area contributed by atoms with E-state index in [-0.39, 0.29) is 27.9 Å². The third-order valence-electron chi connectivity index (χ3n) is 4.40. The van der Waals surface area contributed by atoms with E-state index in [0.717, 1.165) is 0 Å². The van der Waals surface area contributed by atoms with Gasteiger partial charge in [0.25, 0.3) is 0 Å². The molecule has 0 amide bonds. The average Bonchev–Trinajstić information content (AvgIpc) is 3.10.